The summed E-state index contributed by atoms with van der Waals surface area (Å²) in [4.78, 5) is 0. The molecule has 18 heavy (non-hydrogen) atoms. The Kier molecular flexibility index (Phi) is 3.47. The van der Waals surface area contributed by atoms with E-state index in [4.69, 9.17) is 4.52 Å². The first-order valence-electron chi connectivity index (χ1n) is 6.00. The van der Waals surface area contributed by atoms with Crippen LogP contribution in [0.3, 0.4) is 0 Å². The normalized spacial score (nSPS) is 12.0. The van der Waals surface area contributed by atoms with Gasteiger partial charge in [0.2, 0.25) is 0 Å². The number of hydrogen-bond donors (Lipinski definition) is 1. The Morgan fingerprint density at radius 2 is 2.11 bits per heavy atom. The minimum Gasteiger partial charge on any atom is -0.360 e. The van der Waals surface area contributed by atoms with E-state index < -0.39 is 0 Å². The highest BCUT2D eigenvalue weighted by Crippen LogP contribution is 2.11. The van der Waals surface area contributed by atoms with Gasteiger partial charge in [0.15, 0.2) is 5.76 Å². The second kappa shape index (κ2) is 4.89. The molecule has 2 rings (SSSR count). The van der Waals surface area contributed by atoms with Gasteiger partial charge in [-0.3, -0.25) is 0 Å². The van der Waals surface area contributed by atoms with E-state index in [-0.39, 0.29) is 5.54 Å². The van der Waals surface area contributed by atoms with E-state index in [0.717, 1.165) is 17.1 Å². The summed E-state index contributed by atoms with van der Waals surface area (Å²) in [5.41, 5.74) is 1.78. The van der Waals surface area contributed by atoms with Crippen molar-refractivity contribution in [3.63, 3.8) is 0 Å². The predicted octanol–water partition coefficient (Wildman–Crippen LogP) is 1.62. The zero-order valence-electron chi connectivity index (χ0n) is 11.3. The molecular weight excluding hydrogens is 230 g/mol. The molecule has 0 unspecified atom stereocenters. The lowest BCUT2D eigenvalue weighted by molar-refractivity contribution is 0.346. The average molecular weight is 249 g/mol. The number of aromatic nitrogens is 4. The van der Waals surface area contributed by atoms with E-state index >= 15 is 0 Å². The van der Waals surface area contributed by atoms with Gasteiger partial charge in [0.1, 0.15) is 0 Å². The van der Waals surface area contributed by atoms with Crippen LogP contribution in [0.1, 0.15) is 37.9 Å². The summed E-state index contributed by atoms with van der Waals surface area (Å²) in [6.45, 7) is 9.49. The lowest BCUT2D eigenvalue weighted by Crippen LogP contribution is -2.22. The molecule has 0 aliphatic carbocycles. The summed E-state index contributed by atoms with van der Waals surface area (Å²) in [5, 5.41) is 15.3. The minimum atomic E-state index is -0.0344. The SMILES string of the molecule is Cc1cc(CNCc2cn(C(C)(C)C)nn2)on1. The van der Waals surface area contributed by atoms with Gasteiger partial charge in [0.05, 0.1) is 29.7 Å². The maximum absolute atomic E-state index is 5.11. The zero-order chi connectivity index (χ0) is 13.2. The molecule has 0 aromatic carbocycles. The van der Waals surface area contributed by atoms with Crippen molar-refractivity contribution in [1.82, 2.24) is 25.5 Å². The number of aryl methyl sites for hydroxylation is 1. The minimum absolute atomic E-state index is 0.0344. The second-order valence-corrected chi connectivity index (χ2v) is 5.36. The van der Waals surface area contributed by atoms with Crippen molar-refractivity contribution in [1.29, 1.82) is 0 Å². The van der Waals surface area contributed by atoms with E-state index in [1.54, 1.807) is 0 Å². The molecule has 0 spiro atoms. The van der Waals surface area contributed by atoms with E-state index in [0.29, 0.717) is 13.1 Å². The molecule has 0 bridgehead atoms. The quantitative estimate of drug-likeness (QED) is 0.891. The molecule has 0 saturated carbocycles. The Hall–Kier alpha value is -1.69. The first kappa shape index (κ1) is 12.8. The first-order valence-corrected chi connectivity index (χ1v) is 6.00. The smallest absolute Gasteiger partial charge is 0.150 e. The third-order valence-corrected chi connectivity index (χ3v) is 2.51. The molecule has 6 heteroatoms. The fourth-order valence-electron chi connectivity index (χ4n) is 1.52. The van der Waals surface area contributed by atoms with Crippen molar-refractivity contribution in [3.05, 3.63) is 29.4 Å². The van der Waals surface area contributed by atoms with Crippen molar-refractivity contribution < 1.29 is 4.52 Å². The van der Waals surface area contributed by atoms with E-state index in [1.165, 1.54) is 0 Å². The molecule has 0 atom stereocenters. The van der Waals surface area contributed by atoms with Crippen LogP contribution in [0.15, 0.2) is 16.8 Å². The highest BCUT2D eigenvalue weighted by atomic mass is 16.5. The van der Waals surface area contributed by atoms with Crippen LogP contribution in [0.4, 0.5) is 0 Å². The fraction of sp³-hybridized carbons (Fsp3) is 0.583. The first-order chi connectivity index (χ1) is 8.45. The monoisotopic (exact) mass is 249 g/mol. The van der Waals surface area contributed by atoms with Gasteiger partial charge in [-0.05, 0) is 27.7 Å². The number of nitrogens with zero attached hydrogens (tertiary/aromatic N) is 4. The molecule has 2 aromatic rings. The Balaban J connectivity index is 1.85. The van der Waals surface area contributed by atoms with Gasteiger partial charge in [-0.1, -0.05) is 10.4 Å². The number of hydrogen-bond acceptors (Lipinski definition) is 5. The third kappa shape index (κ3) is 3.16. The third-order valence-electron chi connectivity index (χ3n) is 2.51. The molecule has 0 aliphatic rings. The van der Waals surface area contributed by atoms with Crippen LogP contribution in [0, 0.1) is 6.92 Å². The standard InChI is InChI=1S/C12H19N5O/c1-9-5-11(18-15-9)7-13-6-10-8-17(16-14-10)12(2,3)4/h5,8,13H,6-7H2,1-4H3. The van der Waals surface area contributed by atoms with Crippen LogP contribution in [0.2, 0.25) is 0 Å². The summed E-state index contributed by atoms with van der Waals surface area (Å²) < 4.78 is 6.97. The van der Waals surface area contributed by atoms with Gasteiger partial charge < -0.3 is 9.84 Å². The van der Waals surface area contributed by atoms with Gasteiger partial charge in [-0.25, -0.2) is 4.68 Å². The number of nitrogens with one attached hydrogen (secondary N) is 1. The van der Waals surface area contributed by atoms with E-state index in [2.05, 4.69) is 41.6 Å². The summed E-state index contributed by atoms with van der Waals surface area (Å²) in [6.07, 6.45) is 1.96. The maximum Gasteiger partial charge on any atom is 0.150 e. The molecule has 0 amide bonds. The van der Waals surface area contributed by atoms with Gasteiger partial charge in [0.25, 0.3) is 0 Å². The number of rotatable bonds is 4. The van der Waals surface area contributed by atoms with Crippen LogP contribution in [-0.2, 0) is 18.6 Å². The second-order valence-electron chi connectivity index (χ2n) is 5.36. The van der Waals surface area contributed by atoms with Gasteiger partial charge in [-0.2, -0.15) is 0 Å². The molecule has 2 heterocycles. The van der Waals surface area contributed by atoms with Crippen LogP contribution in [0.5, 0.6) is 0 Å². The Morgan fingerprint density at radius 1 is 1.33 bits per heavy atom. The molecule has 0 fully saturated rings. The highest BCUT2D eigenvalue weighted by molar-refractivity contribution is 5.03. The predicted molar refractivity (Wildman–Crippen MR) is 66.8 cm³/mol. The van der Waals surface area contributed by atoms with Crippen molar-refractivity contribution in [3.8, 4) is 0 Å². The topological polar surface area (TPSA) is 68.8 Å². The maximum atomic E-state index is 5.11. The van der Waals surface area contributed by atoms with E-state index in [1.807, 2.05) is 23.9 Å². The summed E-state index contributed by atoms with van der Waals surface area (Å²) in [7, 11) is 0. The van der Waals surface area contributed by atoms with Crippen molar-refractivity contribution in [2.45, 2.75) is 46.3 Å². The van der Waals surface area contributed by atoms with Crippen LogP contribution in [-0.4, -0.2) is 20.2 Å². The molecule has 98 valence electrons. The highest BCUT2D eigenvalue weighted by Gasteiger charge is 2.14. The molecule has 0 radical (unpaired) electrons. The average Bonchev–Trinajstić information content (AvgIpc) is 2.87. The largest absolute Gasteiger partial charge is 0.360 e. The van der Waals surface area contributed by atoms with Crippen LogP contribution < -0.4 is 5.32 Å². The Bertz CT molecular complexity index is 509. The van der Waals surface area contributed by atoms with Crippen molar-refractivity contribution in [2.24, 2.45) is 0 Å². The van der Waals surface area contributed by atoms with Crippen LogP contribution >= 0.6 is 0 Å². The molecule has 2 aromatic heterocycles. The van der Waals surface area contributed by atoms with Gasteiger partial charge >= 0.3 is 0 Å². The summed E-state index contributed by atoms with van der Waals surface area (Å²) in [6, 6.07) is 1.92. The molecule has 0 saturated heterocycles. The molecule has 6 nitrogen and oxygen atoms in total. The van der Waals surface area contributed by atoms with Crippen LogP contribution in [0.25, 0.3) is 0 Å². The summed E-state index contributed by atoms with van der Waals surface area (Å²) in [5.74, 6) is 0.829. The molecule has 0 aliphatic heterocycles. The summed E-state index contributed by atoms with van der Waals surface area (Å²) >= 11 is 0. The van der Waals surface area contributed by atoms with Gasteiger partial charge in [0, 0.05) is 12.6 Å². The lowest BCUT2D eigenvalue weighted by Gasteiger charge is -2.17. The molecule has 1 N–H and O–H groups in total. The fourth-order valence-corrected chi connectivity index (χ4v) is 1.52. The Morgan fingerprint density at radius 3 is 2.67 bits per heavy atom. The van der Waals surface area contributed by atoms with Crippen molar-refractivity contribution in [2.75, 3.05) is 0 Å². The van der Waals surface area contributed by atoms with Gasteiger partial charge in [-0.15, -0.1) is 5.10 Å². The van der Waals surface area contributed by atoms with E-state index in [9.17, 15) is 0 Å². The van der Waals surface area contributed by atoms with Crippen molar-refractivity contribution >= 4 is 0 Å². The molecular formula is C12H19N5O. The Labute approximate surface area is 106 Å². The zero-order valence-corrected chi connectivity index (χ0v) is 11.3. The lowest BCUT2D eigenvalue weighted by atomic mass is 10.1.